The topological polar surface area (TPSA) is 109 Å². The van der Waals surface area contributed by atoms with Gasteiger partial charge in [-0.1, -0.05) is 23.4 Å². The maximum absolute atomic E-state index is 5.67. The van der Waals surface area contributed by atoms with Crippen LogP contribution in [0.2, 0.25) is 0 Å². The quantitative estimate of drug-likeness (QED) is 0.702. The summed E-state index contributed by atoms with van der Waals surface area (Å²) in [6.07, 6.45) is 1.61. The molecule has 0 aliphatic carbocycles. The molecule has 2 heterocycles. The van der Waals surface area contributed by atoms with Gasteiger partial charge in [-0.2, -0.15) is 4.98 Å². The highest BCUT2D eigenvalue weighted by Gasteiger charge is 2.11. The van der Waals surface area contributed by atoms with Crippen molar-refractivity contribution < 1.29 is 0 Å². The van der Waals surface area contributed by atoms with Crippen LogP contribution in [0.15, 0.2) is 42.6 Å². The van der Waals surface area contributed by atoms with E-state index in [9.17, 15) is 0 Å². The first-order chi connectivity index (χ1) is 9.24. The number of rotatable bonds is 2. The summed E-state index contributed by atoms with van der Waals surface area (Å²) in [5, 5.41) is 7.95. The Hall–Kier alpha value is -2.96. The minimum absolute atomic E-state index is 0.121. The fraction of sp³-hybridized carbons (Fsp3) is 0. The highest BCUT2D eigenvalue weighted by molar-refractivity contribution is 5.61. The average molecular weight is 253 g/mol. The Bertz CT molecular complexity index is 685. The van der Waals surface area contributed by atoms with Crippen molar-refractivity contribution in [2.24, 2.45) is 0 Å². The standard InChI is InChI=1S/C12H11N7/c13-11-6-9(16-12(14)17-11)10-7-15-18-19(10)8-4-2-1-3-5-8/h1-7H,(H4,13,14,16,17). The summed E-state index contributed by atoms with van der Waals surface area (Å²) in [5.74, 6) is 0.430. The van der Waals surface area contributed by atoms with Gasteiger partial charge in [0.25, 0.3) is 0 Å². The second kappa shape index (κ2) is 4.37. The summed E-state index contributed by atoms with van der Waals surface area (Å²) in [6.45, 7) is 0. The molecule has 0 aliphatic rings. The van der Waals surface area contributed by atoms with Crippen molar-refractivity contribution >= 4 is 11.8 Å². The lowest BCUT2D eigenvalue weighted by molar-refractivity contribution is 0.806. The van der Waals surface area contributed by atoms with Gasteiger partial charge in [-0.25, -0.2) is 9.67 Å². The first-order valence-corrected chi connectivity index (χ1v) is 5.60. The molecule has 1 aromatic carbocycles. The summed E-state index contributed by atoms with van der Waals surface area (Å²) in [7, 11) is 0. The van der Waals surface area contributed by atoms with E-state index in [2.05, 4.69) is 20.3 Å². The smallest absolute Gasteiger partial charge is 0.222 e. The maximum Gasteiger partial charge on any atom is 0.222 e. The molecule has 3 aromatic rings. The van der Waals surface area contributed by atoms with Crippen LogP contribution in [0.4, 0.5) is 11.8 Å². The molecule has 0 fully saturated rings. The van der Waals surface area contributed by atoms with Crippen LogP contribution in [0.5, 0.6) is 0 Å². The average Bonchev–Trinajstić information content (AvgIpc) is 2.88. The van der Waals surface area contributed by atoms with E-state index in [-0.39, 0.29) is 5.95 Å². The lowest BCUT2D eigenvalue weighted by Gasteiger charge is -2.06. The number of hydrogen-bond acceptors (Lipinski definition) is 6. The fourth-order valence-corrected chi connectivity index (χ4v) is 1.79. The molecule has 7 heteroatoms. The molecule has 0 radical (unpaired) electrons. The lowest BCUT2D eigenvalue weighted by atomic mass is 10.2. The van der Waals surface area contributed by atoms with Crippen LogP contribution in [-0.4, -0.2) is 25.0 Å². The van der Waals surface area contributed by atoms with Crippen LogP contribution < -0.4 is 11.5 Å². The van der Waals surface area contributed by atoms with Gasteiger partial charge in [0, 0.05) is 6.07 Å². The summed E-state index contributed by atoms with van der Waals surface area (Å²) in [4.78, 5) is 7.99. The Balaban J connectivity index is 2.15. The van der Waals surface area contributed by atoms with Crippen LogP contribution in [0, 0.1) is 0 Å². The first kappa shape index (κ1) is 11.1. The van der Waals surface area contributed by atoms with Crippen molar-refractivity contribution in [3.63, 3.8) is 0 Å². The zero-order valence-electron chi connectivity index (χ0n) is 9.93. The van der Waals surface area contributed by atoms with Gasteiger partial charge in [0.15, 0.2) is 0 Å². The number of benzene rings is 1. The Kier molecular flexibility index (Phi) is 2.57. The van der Waals surface area contributed by atoms with E-state index in [0.717, 1.165) is 5.69 Å². The van der Waals surface area contributed by atoms with E-state index in [1.54, 1.807) is 16.9 Å². The molecular weight excluding hydrogens is 242 g/mol. The minimum atomic E-state index is 0.121. The maximum atomic E-state index is 5.67. The van der Waals surface area contributed by atoms with Gasteiger partial charge < -0.3 is 11.5 Å². The van der Waals surface area contributed by atoms with Gasteiger partial charge >= 0.3 is 0 Å². The second-order valence-corrected chi connectivity index (χ2v) is 3.90. The number of para-hydroxylation sites is 1. The number of aromatic nitrogens is 5. The van der Waals surface area contributed by atoms with Gasteiger partial charge in [-0.3, -0.25) is 0 Å². The first-order valence-electron chi connectivity index (χ1n) is 5.60. The molecule has 19 heavy (non-hydrogen) atoms. The van der Waals surface area contributed by atoms with Crippen molar-refractivity contribution in [2.45, 2.75) is 0 Å². The van der Waals surface area contributed by atoms with Crippen molar-refractivity contribution in [3.05, 3.63) is 42.6 Å². The monoisotopic (exact) mass is 253 g/mol. The highest BCUT2D eigenvalue weighted by atomic mass is 15.4. The van der Waals surface area contributed by atoms with Gasteiger partial charge in [0.2, 0.25) is 5.95 Å². The molecule has 0 saturated heterocycles. The predicted molar refractivity (Wildman–Crippen MR) is 71.2 cm³/mol. The van der Waals surface area contributed by atoms with Crippen molar-refractivity contribution in [3.8, 4) is 17.1 Å². The van der Waals surface area contributed by atoms with Gasteiger partial charge in [0.1, 0.15) is 11.5 Å². The fourth-order valence-electron chi connectivity index (χ4n) is 1.79. The van der Waals surface area contributed by atoms with Crippen LogP contribution in [0.3, 0.4) is 0 Å². The highest BCUT2D eigenvalue weighted by Crippen LogP contribution is 2.21. The zero-order valence-corrected chi connectivity index (χ0v) is 9.93. The lowest BCUT2D eigenvalue weighted by Crippen LogP contribution is -2.04. The van der Waals surface area contributed by atoms with E-state index in [4.69, 9.17) is 11.5 Å². The van der Waals surface area contributed by atoms with E-state index < -0.39 is 0 Å². The molecular formula is C12H11N7. The van der Waals surface area contributed by atoms with E-state index >= 15 is 0 Å². The zero-order chi connectivity index (χ0) is 13.2. The van der Waals surface area contributed by atoms with Crippen LogP contribution >= 0.6 is 0 Å². The molecule has 0 aliphatic heterocycles. The van der Waals surface area contributed by atoms with Gasteiger partial charge in [-0.15, -0.1) is 5.10 Å². The van der Waals surface area contributed by atoms with E-state index in [1.807, 2.05) is 30.3 Å². The Labute approximate surface area is 108 Å². The normalized spacial score (nSPS) is 10.5. The molecule has 3 rings (SSSR count). The summed E-state index contributed by atoms with van der Waals surface area (Å²) < 4.78 is 1.67. The molecule has 0 spiro atoms. The van der Waals surface area contributed by atoms with E-state index in [0.29, 0.717) is 17.2 Å². The molecule has 0 atom stereocenters. The summed E-state index contributed by atoms with van der Waals surface area (Å²) in [6, 6.07) is 11.3. The van der Waals surface area contributed by atoms with Gasteiger partial charge in [0.05, 0.1) is 17.6 Å². The number of nitrogens with zero attached hydrogens (tertiary/aromatic N) is 5. The van der Waals surface area contributed by atoms with Crippen LogP contribution in [-0.2, 0) is 0 Å². The Morgan fingerprint density at radius 3 is 2.53 bits per heavy atom. The van der Waals surface area contributed by atoms with E-state index in [1.165, 1.54) is 0 Å². The minimum Gasteiger partial charge on any atom is -0.384 e. The summed E-state index contributed by atoms with van der Waals surface area (Å²) in [5.41, 5.74) is 13.4. The third kappa shape index (κ3) is 2.08. The van der Waals surface area contributed by atoms with Crippen LogP contribution in [0.1, 0.15) is 0 Å². The number of anilines is 2. The van der Waals surface area contributed by atoms with Gasteiger partial charge in [-0.05, 0) is 12.1 Å². The third-order valence-electron chi connectivity index (χ3n) is 2.58. The molecule has 0 amide bonds. The molecule has 4 N–H and O–H groups in total. The number of nitrogen functional groups attached to an aromatic ring is 2. The molecule has 0 unspecified atom stereocenters. The Morgan fingerprint density at radius 2 is 1.79 bits per heavy atom. The van der Waals surface area contributed by atoms with Crippen molar-refractivity contribution in [1.82, 2.24) is 25.0 Å². The third-order valence-corrected chi connectivity index (χ3v) is 2.58. The number of hydrogen-bond donors (Lipinski definition) is 2. The summed E-state index contributed by atoms with van der Waals surface area (Å²) >= 11 is 0. The molecule has 0 saturated carbocycles. The second-order valence-electron chi connectivity index (χ2n) is 3.90. The molecule has 2 aromatic heterocycles. The molecule has 7 nitrogen and oxygen atoms in total. The largest absolute Gasteiger partial charge is 0.384 e. The molecule has 94 valence electrons. The Morgan fingerprint density at radius 1 is 1.00 bits per heavy atom. The SMILES string of the molecule is Nc1cc(-c2cnnn2-c2ccccc2)nc(N)n1. The molecule has 0 bridgehead atoms. The predicted octanol–water partition coefficient (Wildman–Crippen LogP) is 0.889. The number of nitrogens with two attached hydrogens (primary N) is 2. The van der Waals surface area contributed by atoms with Crippen molar-refractivity contribution in [1.29, 1.82) is 0 Å². The van der Waals surface area contributed by atoms with Crippen LogP contribution in [0.25, 0.3) is 17.1 Å². The van der Waals surface area contributed by atoms with Crippen molar-refractivity contribution in [2.75, 3.05) is 11.5 Å².